The van der Waals surface area contributed by atoms with Gasteiger partial charge in [0.1, 0.15) is 19.0 Å². The number of hydrogen-bond donors (Lipinski definition) is 2. The van der Waals surface area contributed by atoms with Crippen LogP contribution in [0.3, 0.4) is 0 Å². The third-order valence-electron chi connectivity index (χ3n) is 7.63. The van der Waals surface area contributed by atoms with Gasteiger partial charge in [0.2, 0.25) is 0 Å². The molecule has 0 heterocycles. The molecule has 2 saturated carbocycles. The van der Waals surface area contributed by atoms with Gasteiger partial charge in [-0.25, -0.2) is 0 Å². The smallest absolute Gasteiger partial charge is 0.294 e. The first-order chi connectivity index (χ1) is 16.5. The summed E-state index contributed by atoms with van der Waals surface area (Å²) in [5.41, 5.74) is 2.99. The van der Waals surface area contributed by atoms with Gasteiger partial charge in [0, 0.05) is 0 Å². The third-order valence-corrected chi connectivity index (χ3v) is 7.63. The fraction of sp³-hybridized carbons (Fsp3) is 0.714. The van der Waals surface area contributed by atoms with E-state index in [0.29, 0.717) is 17.6 Å². The van der Waals surface area contributed by atoms with Gasteiger partial charge >= 0.3 is 0 Å². The molecule has 0 aliphatic heterocycles. The van der Waals surface area contributed by atoms with Crippen LogP contribution in [0.4, 0.5) is 0 Å². The van der Waals surface area contributed by atoms with Crippen molar-refractivity contribution in [3.05, 3.63) is 59.7 Å². The highest BCUT2D eigenvalue weighted by Gasteiger charge is 2.54. The number of aliphatic hydroxyl groups excluding tert-OH is 1. The Bertz CT molecular complexity index is 927. The van der Waals surface area contributed by atoms with Crippen molar-refractivity contribution in [3.63, 3.8) is 0 Å². The Kier molecular flexibility index (Phi) is 8.14. The van der Waals surface area contributed by atoms with Crippen LogP contribution in [0.1, 0.15) is 56.1 Å². The van der Waals surface area contributed by atoms with Crippen molar-refractivity contribution in [3.8, 4) is 5.75 Å². The second-order valence-electron chi connectivity index (χ2n) is 9.43. The molecule has 5 atom stereocenters. The maximum atomic E-state index is 10.4. The minimum atomic E-state index is -1.55. The minimum Gasteiger partial charge on any atom is -0.508 e. The lowest BCUT2D eigenvalue weighted by atomic mass is 9.55. The Labute approximate surface area is 200 Å². The molecule has 0 aromatic heterocycles. The number of nitrogens with zero attached hydrogens (tertiary/aromatic N) is 3. The molecule has 2 N–H and O–H groups in total. The third kappa shape index (κ3) is 6.18. The van der Waals surface area contributed by atoms with Crippen molar-refractivity contribution in [2.45, 2.75) is 63.6 Å². The lowest BCUT2D eigenvalue weighted by molar-refractivity contribution is -0.803. The molecule has 14 nitrogen and oxygen atoms in total. The summed E-state index contributed by atoms with van der Waals surface area (Å²) in [5.74, 6) is 2.49. The first-order valence-electron chi connectivity index (χ1n) is 11.4. The molecule has 3 aliphatic rings. The van der Waals surface area contributed by atoms with Crippen molar-refractivity contribution >= 4 is 0 Å². The van der Waals surface area contributed by atoms with Crippen LogP contribution in [-0.2, 0) is 20.9 Å². The SMILES string of the molecule is C[C@]12CC[C@@H]3c4ccc(O)cc4CC[C@H]3[C@@H]1CC[C@@H]2O.O=[N+]([O-])OCC(CO[N+](=O)[O-])O[N+](=O)[O-]. The molecule has 14 heteroatoms. The molecule has 1 aromatic rings. The Morgan fingerprint density at radius 2 is 1.69 bits per heavy atom. The summed E-state index contributed by atoms with van der Waals surface area (Å²) in [6, 6.07) is 5.96. The summed E-state index contributed by atoms with van der Waals surface area (Å²) in [4.78, 5) is 40.5. The van der Waals surface area contributed by atoms with Crippen LogP contribution >= 0.6 is 0 Å². The fourth-order valence-electron chi connectivity index (χ4n) is 6.06. The average molecular weight is 499 g/mol. The maximum absolute atomic E-state index is 10.4. The number of fused-ring (bicyclic) bond motifs is 5. The quantitative estimate of drug-likeness (QED) is 0.393. The van der Waals surface area contributed by atoms with Gasteiger partial charge in [-0.15, -0.1) is 30.3 Å². The molecule has 1 aromatic carbocycles. The van der Waals surface area contributed by atoms with Crippen molar-refractivity contribution in [1.82, 2.24) is 0 Å². The zero-order valence-corrected chi connectivity index (χ0v) is 19.2. The van der Waals surface area contributed by atoms with E-state index in [9.17, 15) is 40.6 Å². The molecule has 0 bridgehead atoms. The number of aliphatic hydroxyl groups is 1. The Hall–Kier alpha value is -3.42. The number of phenols is 1. The number of phenolic OH excluding ortho intramolecular Hbond substituents is 1. The van der Waals surface area contributed by atoms with Gasteiger partial charge in [0.05, 0.1) is 6.10 Å². The molecule has 194 valence electrons. The van der Waals surface area contributed by atoms with E-state index >= 15 is 0 Å². The van der Waals surface area contributed by atoms with Crippen LogP contribution in [-0.4, -0.2) is 50.9 Å². The second-order valence-corrected chi connectivity index (χ2v) is 9.43. The van der Waals surface area contributed by atoms with Crippen molar-refractivity contribution < 1.29 is 40.0 Å². The van der Waals surface area contributed by atoms with Gasteiger partial charge in [-0.3, -0.25) is 0 Å². The van der Waals surface area contributed by atoms with E-state index in [1.165, 1.54) is 30.4 Å². The minimum absolute atomic E-state index is 0.0883. The van der Waals surface area contributed by atoms with Crippen LogP contribution in [0.2, 0.25) is 0 Å². The summed E-state index contributed by atoms with van der Waals surface area (Å²) in [7, 11) is 0. The zero-order chi connectivity index (χ0) is 25.8. The van der Waals surface area contributed by atoms with E-state index < -0.39 is 34.6 Å². The number of hydrogen-bond acceptors (Lipinski definition) is 11. The predicted molar refractivity (Wildman–Crippen MR) is 116 cm³/mol. The van der Waals surface area contributed by atoms with Crippen molar-refractivity contribution in [2.24, 2.45) is 17.3 Å². The average Bonchev–Trinajstić information content (AvgIpc) is 3.09. The van der Waals surface area contributed by atoms with Gasteiger partial charge in [-0.1, -0.05) is 13.0 Å². The molecular formula is C21H29N3O11. The normalized spacial score (nSPS) is 28.4. The van der Waals surface area contributed by atoms with Gasteiger partial charge in [-0.05, 0) is 85.0 Å². The maximum Gasteiger partial charge on any atom is 0.294 e. The van der Waals surface area contributed by atoms with Gasteiger partial charge < -0.3 is 24.7 Å². The molecule has 3 aliphatic carbocycles. The molecule has 0 spiro atoms. The Morgan fingerprint density at radius 3 is 2.29 bits per heavy atom. The van der Waals surface area contributed by atoms with E-state index in [1.807, 2.05) is 12.1 Å². The van der Waals surface area contributed by atoms with E-state index in [-0.39, 0.29) is 11.5 Å². The van der Waals surface area contributed by atoms with Crippen LogP contribution in [0.5, 0.6) is 5.75 Å². The predicted octanol–water partition coefficient (Wildman–Crippen LogP) is 2.59. The molecule has 0 saturated heterocycles. The molecule has 0 radical (unpaired) electrons. The molecule has 2 fully saturated rings. The lowest BCUT2D eigenvalue weighted by Gasteiger charge is -2.50. The first kappa shape index (κ1) is 26.2. The zero-order valence-electron chi connectivity index (χ0n) is 19.2. The fourth-order valence-corrected chi connectivity index (χ4v) is 6.06. The van der Waals surface area contributed by atoms with Crippen molar-refractivity contribution in [1.29, 1.82) is 0 Å². The highest BCUT2D eigenvalue weighted by Crippen LogP contribution is 2.60. The standard InChI is InChI=1S/C18H24O2.C3H5N3O9/c1-18-9-8-14-13-5-3-12(19)10-11(13)2-4-15(14)16(18)6-7-17(18)20;7-4(8)13-1-3(15-6(11)12)2-14-5(9)10/h3,5,10,14-17,19-20H,2,4,6-9H2,1H3;3H,1-2H2/t14-,15-,16+,17+,18+;/m1./s1. The summed E-state index contributed by atoms with van der Waals surface area (Å²) < 4.78 is 0. The second kappa shape index (κ2) is 10.9. The summed E-state index contributed by atoms with van der Waals surface area (Å²) >= 11 is 0. The van der Waals surface area contributed by atoms with E-state index in [1.54, 1.807) is 0 Å². The van der Waals surface area contributed by atoms with Gasteiger partial charge in [-0.2, -0.15) is 0 Å². The number of rotatable bonds is 8. The largest absolute Gasteiger partial charge is 0.508 e. The van der Waals surface area contributed by atoms with E-state index in [0.717, 1.165) is 25.2 Å². The molecule has 0 amide bonds. The Morgan fingerprint density at radius 1 is 1.03 bits per heavy atom. The monoisotopic (exact) mass is 499 g/mol. The summed E-state index contributed by atoms with van der Waals surface area (Å²) in [6.45, 7) is 0.627. The number of aryl methyl sites for hydroxylation is 1. The van der Waals surface area contributed by atoms with Crippen LogP contribution in [0, 0.1) is 47.6 Å². The molecule has 0 unspecified atom stereocenters. The van der Waals surface area contributed by atoms with Crippen LogP contribution in [0.15, 0.2) is 18.2 Å². The van der Waals surface area contributed by atoms with E-state index in [2.05, 4.69) is 27.5 Å². The van der Waals surface area contributed by atoms with Gasteiger partial charge in [0.15, 0.2) is 6.10 Å². The van der Waals surface area contributed by atoms with Gasteiger partial charge in [0.25, 0.3) is 15.3 Å². The van der Waals surface area contributed by atoms with Crippen LogP contribution in [0.25, 0.3) is 0 Å². The Balaban J connectivity index is 0.000000207. The molecular weight excluding hydrogens is 470 g/mol. The molecule has 35 heavy (non-hydrogen) atoms. The topological polar surface area (TPSA) is 198 Å². The highest BCUT2D eigenvalue weighted by molar-refractivity contribution is 5.40. The molecule has 4 rings (SSSR count). The van der Waals surface area contributed by atoms with Crippen molar-refractivity contribution in [2.75, 3.05) is 13.2 Å². The van der Waals surface area contributed by atoms with E-state index in [4.69, 9.17) is 0 Å². The lowest BCUT2D eigenvalue weighted by Crippen LogP contribution is -2.43. The highest BCUT2D eigenvalue weighted by atomic mass is 17.0. The summed E-state index contributed by atoms with van der Waals surface area (Å²) in [5, 5.41) is 45.6. The summed E-state index contributed by atoms with van der Waals surface area (Å²) in [6.07, 6.45) is 5.23. The van der Waals surface area contributed by atoms with Crippen LogP contribution < -0.4 is 0 Å². The first-order valence-corrected chi connectivity index (χ1v) is 11.4. The number of benzene rings is 1. The number of aromatic hydroxyl groups is 1.